The molecule has 0 fully saturated rings. The average Bonchev–Trinajstić information content (AvgIpc) is 2.11. The lowest BCUT2D eigenvalue weighted by molar-refractivity contribution is -0.119. The standard InChI is InChI=1S/C9H19NO2S/c1-9(2,4-3-5-11)7-10-8(12)6-13/h11,13H,3-7H2,1-2H3,(H,10,12). The number of aliphatic hydroxyl groups excluding tert-OH is 1. The van der Waals surface area contributed by atoms with Gasteiger partial charge in [0.2, 0.25) is 5.91 Å². The van der Waals surface area contributed by atoms with E-state index in [0.717, 1.165) is 12.8 Å². The number of hydrogen-bond donors (Lipinski definition) is 3. The van der Waals surface area contributed by atoms with Gasteiger partial charge in [0.1, 0.15) is 0 Å². The second kappa shape index (κ2) is 6.27. The summed E-state index contributed by atoms with van der Waals surface area (Å²) < 4.78 is 0. The molecule has 0 unspecified atom stereocenters. The van der Waals surface area contributed by atoms with E-state index < -0.39 is 0 Å². The van der Waals surface area contributed by atoms with Crippen LogP contribution in [-0.2, 0) is 4.79 Å². The number of amides is 1. The van der Waals surface area contributed by atoms with Crippen LogP contribution in [0.3, 0.4) is 0 Å². The van der Waals surface area contributed by atoms with Crippen LogP contribution >= 0.6 is 12.6 Å². The summed E-state index contributed by atoms with van der Waals surface area (Å²) in [6.07, 6.45) is 1.69. The van der Waals surface area contributed by atoms with Crippen LogP contribution in [0.1, 0.15) is 26.7 Å². The Labute approximate surface area is 85.3 Å². The first kappa shape index (κ1) is 12.8. The highest BCUT2D eigenvalue weighted by Crippen LogP contribution is 2.20. The van der Waals surface area contributed by atoms with E-state index in [1.165, 1.54) is 0 Å². The molecule has 0 aliphatic heterocycles. The second-order valence-electron chi connectivity index (χ2n) is 3.93. The zero-order chi connectivity index (χ0) is 10.3. The van der Waals surface area contributed by atoms with Crippen molar-refractivity contribution in [1.82, 2.24) is 5.32 Å². The summed E-state index contributed by atoms with van der Waals surface area (Å²) in [5.74, 6) is 0.191. The first-order valence-corrected chi connectivity index (χ1v) is 5.13. The summed E-state index contributed by atoms with van der Waals surface area (Å²) in [7, 11) is 0. The first-order valence-electron chi connectivity index (χ1n) is 4.50. The SMILES string of the molecule is CC(C)(CCCO)CNC(=O)CS. The van der Waals surface area contributed by atoms with Crippen molar-refractivity contribution in [1.29, 1.82) is 0 Å². The normalized spacial score (nSPS) is 11.4. The highest BCUT2D eigenvalue weighted by molar-refractivity contribution is 7.81. The lowest BCUT2D eigenvalue weighted by atomic mass is 9.88. The molecule has 0 radical (unpaired) electrons. The van der Waals surface area contributed by atoms with Crippen molar-refractivity contribution >= 4 is 18.5 Å². The van der Waals surface area contributed by atoms with Gasteiger partial charge in [-0.3, -0.25) is 4.79 Å². The molecular weight excluding hydrogens is 186 g/mol. The quantitative estimate of drug-likeness (QED) is 0.563. The molecule has 3 nitrogen and oxygen atoms in total. The molecule has 0 aromatic heterocycles. The summed E-state index contributed by atoms with van der Waals surface area (Å²) in [5.41, 5.74) is 0.0569. The topological polar surface area (TPSA) is 49.3 Å². The molecule has 0 spiro atoms. The van der Waals surface area contributed by atoms with Gasteiger partial charge < -0.3 is 10.4 Å². The second-order valence-corrected chi connectivity index (χ2v) is 4.24. The molecule has 0 saturated heterocycles. The zero-order valence-corrected chi connectivity index (χ0v) is 9.23. The van der Waals surface area contributed by atoms with Crippen molar-refractivity contribution in [3.63, 3.8) is 0 Å². The smallest absolute Gasteiger partial charge is 0.229 e. The van der Waals surface area contributed by atoms with Gasteiger partial charge in [0.15, 0.2) is 0 Å². The Balaban J connectivity index is 3.67. The van der Waals surface area contributed by atoms with Crippen LogP contribution in [-0.4, -0.2) is 29.9 Å². The molecule has 13 heavy (non-hydrogen) atoms. The predicted molar refractivity (Wildman–Crippen MR) is 57.0 cm³/mol. The molecule has 1 amide bonds. The minimum atomic E-state index is -0.0413. The molecule has 0 aliphatic carbocycles. The molecule has 78 valence electrons. The predicted octanol–water partition coefficient (Wildman–Crippen LogP) is 0.831. The van der Waals surface area contributed by atoms with Gasteiger partial charge in [0.05, 0.1) is 5.75 Å². The van der Waals surface area contributed by atoms with Gasteiger partial charge >= 0.3 is 0 Å². The van der Waals surface area contributed by atoms with Gasteiger partial charge in [-0.2, -0.15) is 12.6 Å². The average molecular weight is 205 g/mol. The highest BCUT2D eigenvalue weighted by Gasteiger charge is 2.17. The summed E-state index contributed by atoms with van der Waals surface area (Å²) >= 11 is 3.86. The molecule has 0 aliphatic rings. The molecule has 0 aromatic carbocycles. The van der Waals surface area contributed by atoms with E-state index in [1.54, 1.807) is 0 Å². The van der Waals surface area contributed by atoms with E-state index in [0.29, 0.717) is 6.54 Å². The Morgan fingerprint density at radius 1 is 1.54 bits per heavy atom. The van der Waals surface area contributed by atoms with Crippen molar-refractivity contribution in [3.05, 3.63) is 0 Å². The van der Waals surface area contributed by atoms with Crippen LogP contribution in [0.15, 0.2) is 0 Å². The molecular formula is C9H19NO2S. The van der Waals surface area contributed by atoms with Gasteiger partial charge in [-0.15, -0.1) is 0 Å². The third-order valence-corrected chi connectivity index (χ3v) is 2.21. The lowest BCUT2D eigenvalue weighted by Crippen LogP contribution is -2.34. The van der Waals surface area contributed by atoms with Crippen molar-refractivity contribution in [2.75, 3.05) is 18.9 Å². The minimum Gasteiger partial charge on any atom is -0.396 e. The van der Waals surface area contributed by atoms with E-state index in [2.05, 4.69) is 31.8 Å². The summed E-state index contributed by atoms with van der Waals surface area (Å²) in [5, 5.41) is 11.4. The molecule has 0 rings (SSSR count). The number of thiol groups is 1. The van der Waals surface area contributed by atoms with E-state index in [4.69, 9.17) is 5.11 Å². The van der Waals surface area contributed by atoms with Crippen LogP contribution in [0.5, 0.6) is 0 Å². The number of carbonyl (C=O) groups is 1. The van der Waals surface area contributed by atoms with E-state index in [9.17, 15) is 4.79 Å². The highest BCUT2D eigenvalue weighted by atomic mass is 32.1. The third kappa shape index (κ3) is 6.90. The Hall–Kier alpha value is -0.220. The lowest BCUT2D eigenvalue weighted by Gasteiger charge is -2.24. The maximum absolute atomic E-state index is 10.9. The molecule has 0 atom stereocenters. The third-order valence-electron chi connectivity index (χ3n) is 1.92. The Morgan fingerprint density at radius 2 is 2.15 bits per heavy atom. The Morgan fingerprint density at radius 3 is 2.62 bits per heavy atom. The number of nitrogens with one attached hydrogen (secondary N) is 1. The molecule has 4 heteroatoms. The van der Waals surface area contributed by atoms with Crippen molar-refractivity contribution in [2.45, 2.75) is 26.7 Å². The minimum absolute atomic E-state index is 0.0413. The van der Waals surface area contributed by atoms with Crippen LogP contribution < -0.4 is 5.32 Å². The van der Waals surface area contributed by atoms with Gasteiger partial charge in [-0.05, 0) is 18.3 Å². The summed E-state index contributed by atoms with van der Waals surface area (Å²) in [6, 6.07) is 0. The number of rotatable bonds is 6. The van der Waals surface area contributed by atoms with Gasteiger partial charge in [-0.1, -0.05) is 13.8 Å². The fourth-order valence-corrected chi connectivity index (χ4v) is 1.15. The van der Waals surface area contributed by atoms with Crippen molar-refractivity contribution in [3.8, 4) is 0 Å². The molecule has 0 aromatic rings. The van der Waals surface area contributed by atoms with E-state index >= 15 is 0 Å². The van der Waals surface area contributed by atoms with Crippen LogP contribution in [0.25, 0.3) is 0 Å². The fourth-order valence-electron chi connectivity index (χ4n) is 1.04. The van der Waals surface area contributed by atoms with Crippen LogP contribution in [0.4, 0.5) is 0 Å². The largest absolute Gasteiger partial charge is 0.396 e. The number of aliphatic hydroxyl groups is 1. The molecule has 0 saturated carbocycles. The van der Waals surface area contributed by atoms with Crippen LogP contribution in [0, 0.1) is 5.41 Å². The Bertz CT molecular complexity index is 160. The number of carbonyl (C=O) groups excluding carboxylic acids is 1. The van der Waals surface area contributed by atoms with Crippen molar-refractivity contribution in [2.24, 2.45) is 5.41 Å². The van der Waals surface area contributed by atoms with E-state index in [-0.39, 0.29) is 23.7 Å². The van der Waals surface area contributed by atoms with Gasteiger partial charge in [0.25, 0.3) is 0 Å². The zero-order valence-electron chi connectivity index (χ0n) is 8.34. The maximum atomic E-state index is 10.9. The summed E-state index contributed by atoms with van der Waals surface area (Å²) in [6.45, 7) is 5.00. The van der Waals surface area contributed by atoms with Gasteiger partial charge in [0, 0.05) is 13.2 Å². The molecule has 2 N–H and O–H groups in total. The first-order chi connectivity index (χ1) is 6.02. The maximum Gasteiger partial charge on any atom is 0.229 e. The van der Waals surface area contributed by atoms with Crippen LogP contribution in [0.2, 0.25) is 0 Å². The van der Waals surface area contributed by atoms with E-state index in [1.807, 2.05) is 0 Å². The summed E-state index contributed by atoms with van der Waals surface area (Å²) in [4.78, 5) is 10.9. The molecule has 0 bridgehead atoms. The molecule has 0 heterocycles. The van der Waals surface area contributed by atoms with Gasteiger partial charge in [-0.25, -0.2) is 0 Å². The van der Waals surface area contributed by atoms with Crippen molar-refractivity contribution < 1.29 is 9.90 Å². The number of hydrogen-bond acceptors (Lipinski definition) is 3. The fraction of sp³-hybridized carbons (Fsp3) is 0.889. The monoisotopic (exact) mass is 205 g/mol. The Kier molecular flexibility index (Phi) is 6.16.